The van der Waals surface area contributed by atoms with Crippen LogP contribution in [0.5, 0.6) is 0 Å². The van der Waals surface area contributed by atoms with Gasteiger partial charge in [0.2, 0.25) is 0 Å². The Kier molecular flexibility index (Phi) is 4.18. The maximum Gasteiger partial charge on any atom is 0.156 e. The van der Waals surface area contributed by atoms with Crippen LogP contribution in [0.1, 0.15) is 23.7 Å². The maximum absolute atomic E-state index is 4.80. The van der Waals surface area contributed by atoms with Gasteiger partial charge in [-0.15, -0.1) is 0 Å². The van der Waals surface area contributed by atoms with Gasteiger partial charge >= 0.3 is 0 Å². The van der Waals surface area contributed by atoms with Crippen molar-refractivity contribution in [3.8, 4) is 11.1 Å². The number of nitrogens with zero attached hydrogens (tertiary/aromatic N) is 4. The molecule has 4 heteroatoms. The second kappa shape index (κ2) is 6.97. The molecule has 1 atom stereocenters. The Bertz CT molecular complexity index is 1040. The summed E-state index contributed by atoms with van der Waals surface area (Å²) in [5.41, 5.74) is 4.66. The standard InChI is InChI=1S/C23H22N4/c1-3-7-18(8-4-1)15-26-14-13-21(16-26)23-24-22-12-11-20(17-27(22)25-23)19-9-5-2-6-10-19/h1-12,17,21H,13-16H2/t21-/m1/s1. The van der Waals surface area contributed by atoms with Crippen LogP contribution in [0.3, 0.4) is 0 Å². The number of fused-ring (bicyclic) bond motifs is 1. The summed E-state index contributed by atoms with van der Waals surface area (Å²) in [6.45, 7) is 3.13. The minimum absolute atomic E-state index is 0.411. The van der Waals surface area contributed by atoms with E-state index in [-0.39, 0.29) is 0 Å². The van der Waals surface area contributed by atoms with E-state index in [0.29, 0.717) is 5.92 Å². The van der Waals surface area contributed by atoms with Gasteiger partial charge in [-0.2, -0.15) is 5.10 Å². The second-order valence-electron chi connectivity index (χ2n) is 7.26. The Morgan fingerprint density at radius 1 is 0.852 bits per heavy atom. The van der Waals surface area contributed by atoms with Gasteiger partial charge in [-0.1, -0.05) is 60.7 Å². The number of likely N-dealkylation sites (tertiary alicyclic amines) is 1. The molecule has 0 spiro atoms. The van der Waals surface area contributed by atoms with Crippen LogP contribution in [0.4, 0.5) is 0 Å². The molecule has 4 nitrogen and oxygen atoms in total. The van der Waals surface area contributed by atoms with Crippen LogP contribution in [0, 0.1) is 0 Å². The van der Waals surface area contributed by atoms with Crippen LogP contribution in [0.15, 0.2) is 79.0 Å². The first-order valence-electron chi connectivity index (χ1n) is 9.53. The average Bonchev–Trinajstić information content (AvgIpc) is 3.35. The SMILES string of the molecule is c1ccc(CN2CC[C@@H](c3nc4ccc(-c5ccccc5)cn4n3)C2)cc1. The first-order chi connectivity index (χ1) is 13.3. The Morgan fingerprint density at radius 2 is 1.63 bits per heavy atom. The predicted octanol–water partition coefficient (Wildman–Crippen LogP) is 4.39. The Balaban J connectivity index is 1.35. The maximum atomic E-state index is 4.80. The van der Waals surface area contributed by atoms with Crippen molar-refractivity contribution in [3.05, 3.63) is 90.4 Å². The van der Waals surface area contributed by atoms with Crippen LogP contribution in [0.2, 0.25) is 0 Å². The molecule has 1 fully saturated rings. The molecule has 27 heavy (non-hydrogen) atoms. The summed E-state index contributed by atoms with van der Waals surface area (Å²) in [6.07, 6.45) is 3.20. The zero-order valence-corrected chi connectivity index (χ0v) is 15.2. The summed E-state index contributed by atoms with van der Waals surface area (Å²) in [7, 11) is 0. The Hall–Kier alpha value is -2.98. The third kappa shape index (κ3) is 3.36. The third-order valence-electron chi connectivity index (χ3n) is 5.34. The Labute approximate surface area is 159 Å². The molecule has 2 aromatic heterocycles. The highest BCUT2D eigenvalue weighted by Crippen LogP contribution is 2.27. The smallest absolute Gasteiger partial charge is 0.156 e. The summed E-state index contributed by atoms with van der Waals surface area (Å²) >= 11 is 0. The fraction of sp³-hybridized carbons (Fsp3) is 0.217. The lowest BCUT2D eigenvalue weighted by molar-refractivity contribution is 0.326. The zero-order valence-electron chi connectivity index (χ0n) is 15.2. The Morgan fingerprint density at radius 3 is 2.44 bits per heavy atom. The molecular formula is C23H22N4. The zero-order chi connectivity index (χ0) is 18.1. The molecule has 1 aliphatic rings. The van der Waals surface area contributed by atoms with Crippen molar-refractivity contribution in [3.63, 3.8) is 0 Å². The molecule has 0 aliphatic carbocycles. The van der Waals surface area contributed by atoms with E-state index in [9.17, 15) is 0 Å². The van der Waals surface area contributed by atoms with Crippen molar-refractivity contribution in [2.75, 3.05) is 13.1 Å². The topological polar surface area (TPSA) is 33.4 Å². The van der Waals surface area contributed by atoms with Gasteiger partial charge in [-0.25, -0.2) is 9.50 Å². The van der Waals surface area contributed by atoms with E-state index < -0.39 is 0 Å². The van der Waals surface area contributed by atoms with Crippen molar-refractivity contribution in [2.24, 2.45) is 0 Å². The van der Waals surface area contributed by atoms with Gasteiger partial charge in [0, 0.05) is 30.8 Å². The van der Waals surface area contributed by atoms with E-state index in [0.717, 1.165) is 43.1 Å². The third-order valence-corrected chi connectivity index (χ3v) is 5.34. The number of hydrogen-bond donors (Lipinski definition) is 0. The summed E-state index contributed by atoms with van der Waals surface area (Å²) < 4.78 is 1.93. The van der Waals surface area contributed by atoms with E-state index in [1.165, 1.54) is 11.1 Å². The molecule has 5 rings (SSSR count). The molecular weight excluding hydrogens is 332 g/mol. The van der Waals surface area contributed by atoms with Crippen molar-refractivity contribution >= 4 is 5.65 Å². The first-order valence-corrected chi connectivity index (χ1v) is 9.53. The van der Waals surface area contributed by atoms with Gasteiger partial charge in [-0.3, -0.25) is 4.90 Å². The molecule has 0 radical (unpaired) electrons. The molecule has 4 aromatic rings. The van der Waals surface area contributed by atoms with Crippen molar-refractivity contribution < 1.29 is 0 Å². The number of pyridine rings is 1. The molecule has 0 bridgehead atoms. The largest absolute Gasteiger partial charge is 0.298 e. The molecule has 0 amide bonds. The van der Waals surface area contributed by atoms with Crippen LogP contribution < -0.4 is 0 Å². The molecule has 0 N–H and O–H groups in total. The average molecular weight is 354 g/mol. The molecule has 0 saturated carbocycles. The lowest BCUT2D eigenvalue weighted by atomic mass is 10.1. The van der Waals surface area contributed by atoms with Crippen LogP contribution in [0.25, 0.3) is 16.8 Å². The van der Waals surface area contributed by atoms with Crippen molar-refractivity contribution in [1.29, 1.82) is 0 Å². The van der Waals surface area contributed by atoms with Crippen molar-refractivity contribution in [2.45, 2.75) is 18.9 Å². The van der Waals surface area contributed by atoms with E-state index in [1.54, 1.807) is 0 Å². The molecule has 1 saturated heterocycles. The number of benzene rings is 2. The number of aromatic nitrogens is 3. The molecule has 2 aromatic carbocycles. The summed E-state index contributed by atoms with van der Waals surface area (Å²) in [5, 5.41) is 4.80. The molecule has 0 unspecified atom stereocenters. The summed E-state index contributed by atoms with van der Waals surface area (Å²) in [4.78, 5) is 7.30. The molecule has 3 heterocycles. The first kappa shape index (κ1) is 16.2. The fourth-order valence-corrected chi connectivity index (χ4v) is 3.90. The second-order valence-corrected chi connectivity index (χ2v) is 7.26. The lowest BCUT2D eigenvalue weighted by Crippen LogP contribution is -2.19. The lowest BCUT2D eigenvalue weighted by Gasteiger charge is -2.15. The highest BCUT2D eigenvalue weighted by Gasteiger charge is 2.27. The van der Waals surface area contributed by atoms with Gasteiger partial charge in [0.15, 0.2) is 11.5 Å². The van der Waals surface area contributed by atoms with Gasteiger partial charge in [0.25, 0.3) is 0 Å². The van der Waals surface area contributed by atoms with E-state index >= 15 is 0 Å². The highest BCUT2D eigenvalue weighted by atomic mass is 15.3. The van der Waals surface area contributed by atoms with E-state index in [1.807, 2.05) is 10.6 Å². The van der Waals surface area contributed by atoms with Gasteiger partial charge in [0.05, 0.1) is 0 Å². The number of rotatable bonds is 4. The number of hydrogen-bond acceptors (Lipinski definition) is 3. The van der Waals surface area contributed by atoms with Crippen LogP contribution >= 0.6 is 0 Å². The summed E-state index contributed by atoms with van der Waals surface area (Å²) in [5.74, 6) is 1.38. The predicted molar refractivity (Wildman–Crippen MR) is 108 cm³/mol. The molecule has 1 aliphatic heterocycles. The highest BCUT2D eigenvalue weighted by molar-refractivity contribution is 5.64. The normalized spacial score (nSPS) is 17.6. The summed E-state index contributed by atoms with van der Waals surface area (Å²) in [6, 6.07) is 25.3. The monoisotopic (exact) mass is 354 g/mol. The van der Waals surface area contributed by atoms with E-state index in [4.69, 9.17) is 10.1 Å². The van der Waals surface area contributed by atoms with Gasteiger partial charge < -0.3 is 0 Å². The van der Waals surface area contributed by atoms with Gasteiger partial charge in [0.1, 0.15) is 0 Å². The van der Waals surface area contributed by atoms with Crippen LogP contribution in [-0.2, 0) is 6.54 Å². The minimum Gasteiger partial charge on any atom is -0.298 e. The molecule has 134 valence electrons. The van der Waals surface area contributed by atoms with Crippen LogP contribution in [-0.4, -0.2) is 32.6 Å². The quantitative estimate of drug-likeness (QED) is 0.545. The fourth-order valence-electron chi connectivity index (χ4n) is 3.90. The minimum atomic E-state index is 0.411. The van der Waals surface area contributed by atoms with Crippen molar-refractivity contribution in [1.82, 2.24) is 19.5 Å². The van der Waals surface area contributed by atoms with E-state index in [2.05, 4.69) is 77.8 Å². The van der Waals surface area contributed by atoms with Gasteiger partial charge in [-0.05, 0) is 36.2 Å².